The molecule has 1 aliphatic heterocycles. The van der Waals surface area contributed by atoms with Gasteiger partial charge in [-0.05, 0) is 47.4 Å². The van der Waals surface area contributed by atoms with Gasteiger partial charge < -0.3 is 4.90 Å². The second-order valence-electron chi connectivity index (χ2n) is 9.68. The van der Waals surface area contributed by atoms with E-state index in [1.165, 1.54) is 55.4 Å². The van der Waals surface area contributed by atoms with Crippen LogP contribution < -0.4 is 9.47 Å². The minimum Gasteiger partial charge on any atom is -0.338 e. The van der Waals surface area contributed by atoms with Crippen LogP contribution in [0.25, 0.3) is 32.9 Å². The first kappa shape index (κ1) is 18.2. The Morgan fingerprint density at radius 1 is 0.931 bits per heavy atom. The van der Waals surface area contributed by atoms with E-state index in [9.17, 15) is 0 Å². The number of pyridine rings is 1. The zero-order valence-electron chi connectivity index (χ0n) is 18.3. The zero-order chi connectivity index (χ0) is 20.5. The van der Waals surface area contributed by atoms with Crippen molar-refractivity contribution in [3.63, 3.8) is 0 Å². The van der Waals surface area contributed by atoms with E-state index in [2.05, 4.69) is 106 Å². The summed E-state index contributed by atoms with van der Waals surface area (Å²) in [5.41, 5.74) is 9.68. The van der Waals surface area contributed by atoms with Gasteiger partial charge in [0.15, 0.2) is 0 Å². The summed E-state index contributed by atoms with van der Waals surface area (Å²) in [5, 5.41) is 4.04. The Morgan fingerprint density at radius 2 is 1.69 bits per heavy atom. The van der Waals surface area contributed by atoms with Gasteiger partial charge in [-0.1, -0.05) is 57.2 Å². The summed E-state index contributed by atoms with van der Waals surface area (Å²) < 4.78 is 2.41. The molecule has 2 nitrogen and oxygen atoms in total. The molecule has 0 radical (unpaired) electrons. The molecule has 1 aromatic heterocycles. The van der Waals surface area contributed by atoms with Crippen molar-refractivity contribution in [2.45, 2.75) is 34.1 Å². The highest BCUT2D eigenvalue weighted by molar-refractivity contribution is 6.12. The van der Waals surface area contributed by atoms with Gasteiger partial charge in [-0.25, -0.2) is 0 Å². The first-order chi connectivity index (χ1) is 13.8. The van der Waals surface area contributed by atoms with Gasteiger partial charge in [-0.2, -0.15) is 4.57 Å². The van der Waals surface area contributed by atoms with Crippen LogP contribution in [0.15, 0.2) is 54.6 Å². The summed E-state index contributed by atoms with van der Waals surface area (Å²) in [6.07, 6.45) is 1.04. The number of anilines is 2. The van der Waals surface area contributed by atoms with Crippen molar-refractivity contribution in [3.8, 4) is 11.3 Å². The van der Waals surface area contributed by atoms with Crippen molar-refractivity contribution < 1.29 is 4.57 Å². The van der Waals surface area contributed by atoms with Crippen LogP contribution in [0.5, 0.6) is 0 Å². The van der Waals surface area contributed by atoms with Crippen LogP contribution in [-0.4, -0.2) is 7.05 Å². The molecule has 2 heteroatoms. The van der Waals surface area contributed by atoms with Crippen LogP contribution in [0, 0.1) is 12.3 Å². The maximum Gasteiger partial charge on any atom is 0.237 e. The van der Waals surface area contributed by atoms with Gasteiger partial charge in [0.25, 0.3) is 0 Å². The molecule has 146 valence electrons. The molecule has 1 aliphatic rings. The fourth-order valence-corrected chi connectivity index (χ4v) is 5.10. The molecule has 0 spiro atoms. The second kappa shape index (κ2) is 6.06. The molecule has 0 unspecified atom stereocenters. The molecule has 0 amide bonds. The number of nitrogens with zero attached hydrogens (tertiary/aromatic N) is 2. The Bertz CT molecular complexity index is 1290. The molecule has 0 N–H and O–H groups in total. The van der Waals surface area contributed by atoms with Gasteiger partial charge in [0.05, 0.1) is 10.9 Å². The molecule has 4 aromatic rings. The summed E-state index contributed by atoms with van der Waals surface area (Å²) in [7, 11) is 4.46. The number of aromatic nitrogens is 1. The van der Waals surface area contributed by atoms with Gasteiger partial charge in [-0.15, -0.1) is 0 Å². The number of hydrogen-bond acceptors (Lipinski definition) is 1. The van der Waals surface area contributed by atoms with Crippen LogP contribution in [-0.2, 0) is 13.5 Å². The van der Waals surface area contributed by atoms with Crippen molar-refractivity contribution in [2.24, 2.45) is 12.5 Å². The van der Waals surface area contributed by atoms with Gasteiger partial charge >= 0.3 is 0 Å². The lowest BCUT2D eigenvalue weighted by atomic mass is 9.82. The highest BCUT2D eigenvalue weighted by Gasteiger charge is 2.35. The third-order valence-corrected chi connectivity index (χ3v) is 6.31. The van der Waals surface area contributed by atoms with E-state index in [1.807, 2.05) is 0 Å². The Balaban J connectivity index is 2.03. The lowest BCUT2D eigenvalue weighted by molar-refractivity contribution is -0.633. The van der Waals surface area contributed by atoms with E-state index in [4.69, 9.17) is 0 Å². The van der Waals surface area contributed by atoms with Crippen molar-refractivity contribution in [3.05, 3.63) is 65.7 Å². The lowest BCUT2D eigenvalue weighted by Gasteiger charge is -2.33. The minimum absolute atomic E-state index is 0.204. The first-order valence-electron chi connectivity index (χ1n) is 10.5. The monoisotopic (exact) mass is 381 g/mol. The predicted molar refractivity (Wildman–Crippen MR) is 124 cm³/mol. The highest BCUT2D eigenvalue weighted by Crippen LogP contribution is 2.50. The van der Waals surface area contributed by atoms with Crippen LogP contribution in [0.3, 0.4) is 0 Å². The highest BCUT2D eigenvalue weighted by atomic mass is 15.1. The second-order valence-corrected chi connectivity index (χ2v) is 9.68. The summed E-state index contributed by atoms with van der Waals surface area (Å²) in [6.45, 7) is 9.26. The fraction of sp³-hybridized carbons (Fsp3) is 0.296. The molecule has 29 heavy (non-hydrogen) atoms. The van der Waals surface area contributed by atoms with Crippen molar-refractivity contribution >= 4 is 33.1 Å². The normalized spacial score (nSPS) is 13.2. The third-order valence-electron chi connectivity index (χ3n) is 6.31. The Labute approximate surface area is 173 Å². The lowest BCUT2D eigenvalue weighted by Crippen LogP contribution is -2.37. The Kier molecular flexibility index (Phi) is 3.80. The van der Waals surface area contributed by atoms with Crippen molar-refractivity contribution in [1.29, 1.82) is 0 Å². The van der Waals surface area contributed by atoms with Gasteiger partial charge in [-0.3, -0.25) is 0 Å². The quantitative estimate of drug-likeness (QED) is 0.343. The molecule has 0 bridgehead atoms. The Hall–Kier alpha value is -2.87. The number of rotatable bonds is 1. The minimum atomic E-state index is 0.204. The standard InChI is InChI=1S/C27H29N2/c1-17-14-15-18-10-9-13-22-24(18)23(17)26-25(29(22)6)20(16-27(2,3)4)19-11-7-8-12-21(19)28(26)5/h7-15H,16H2,1-6H3/q+1. The average molecular weight is 382 g/mol. The van der Waals surface area contributed by atoms with E-state index in [1.54, 1.807) is 0 Å². The van der Waals surface area contributed by atoms with E-state index >= 15 is 0 Å². The number of benzene rings is 3. The molecule has 5 rings (SSSR count). The molecule has 3 aromatic carbocycles. The third kappa shape index (κ3) is 2.58. The molecular formula is C27H29N2+. The topological polar surface area (TPSA) is 7.12 Å². The SMILES string of the molecule is Cc1ccc2cccc3c2c1-c1c(c(CC(C)(C)C)c2ccccc2[n+]1C)N3C. The largest absolute Gasteiger partial charge is 0.338 e. The van der Waals surface area contributed by atoms with E-state index < -0.39 is 0 Å². The summed E-state index contributed by atoms with van der Waals surface area (Å²) in [6, 6.07) is 20.1. The predicted octanol–water partition coefficient (Wildman–Crippen LogP) is 6.46. The van der Waals surface area contributed by atoms with E-state index in [0.717, 1.165) is 6.42 Å². The number of para-hydroxylation sites is 1. The van der Waals surface area contributed by atoms with Crippen molar-refractivity contribution in [1.82, 2.24) is 0 Å². The fourth-order valence-electron chi connectivity index (χ4n) is 5.10. The van der Waals surface area contributed by atoms with Crippen LogP contribution in [0.2, 0.25) is 0 Å². The molecule has 0 saturated carbocycles. The Morgan fingerprint density at radius 3 is 2.45 bits per heavy atom. The molecule has 0 saturated heterocycles. The zero-order valence-corrected chi connectivity index (χ0v) is 18.3. The van der Waals surface area contributed by atoms with Gasteiger partial charge in [0.1, 0.15) is 12.7 Å². The van der Waals surface area contributed by atoms with Crippen LogP contribution in [0.1, 0.15) is 31.9 Å². The van der Waals surface area contributed by atoms with E-state index in [0.29, 0.717) is 0 Å². The number of hydrogen-bond donors (Lipinski definition) is 0. The molecule has 2 heterocycles. The van der Waals surface area contributed by atoms with Crippen LogP contribution >= 0.6 is 0 Å². The summed E-state index contributed by atoms with van der Waals surface area (Å²) >= 11 is 0. The number of aryl methyl sites for hydroxylation is 2. The molecular weight excluding hydrogens is 352 g/mol. The molecule has 0 fully saturated rings. The average Bonchev–Trinajstić information content (AvgIpc) is 2.68. The van der Waals surface area contributed by atoms with Crippen molar-refractivity contribution in [2.75, 3.05) is 11.9 Å². The smallest absolute Gasteiger partial charge is 0.237 e. The number of fused-ring (bicyclic) bond motifs is 3. The maximum atomic E-state index is 2.43. The van der Waals surface area contributed by atoms with Gasteiger partial charge in [0.2, 0.25) is 11.2 Å². The van der Waals surface area contributed by atoms with E-state index in [-0.39, 0.29) is 5.41 Å². The first-order valence-corrected chi connectivity index (χ1v) is 10.5. The van der Waals surface area contributed by atoms with Crippen LogP contribution in [0.4, 0.5) is 11.4 Å². The molecule has 0 atom stereocenters. The summed E-state index contributed by atoms with van der Waals surface area (Å²) in [4.78, 5) is 2.43. The molecule has 0 aliphatic carbocycles. The summed E-state index contributed by atoms with van der Waals surface area (Å²) in [5.74, 6) is 0. The maximum absolute atomic E-state index is 2.43. The van der Waals surface area contributed by atoms with Gasteiger partial charge in [0, 0.05) is 24.2 Å².